The Morgan fingerprint density at radius 1 is 1.21 bits per heavy atom. The number of carbonyl (C=O) groups excluding carboxylic acids is 1. The molecule has 1 aliphatic heterocycles. The second-order valence-corrected chi connectivity index (χ2v) is 8.81. The number of rotatable bonds is 7. The lowest BCUT2D eigenvalue weighted by Crippen LogP contribution is -2.43. The summed E-state index contributed by atoms with van der Waals surface area (Å²) in [5, 5.41) is 18.1. The number of nitrogens with one attached hydrogen (secondary N) is 1. The predicted octanol–water partition coefficient (Wildman–Crippen LogP) is 4.41. The van der Waals surface area contributed by atoms with Crippen molar-refractivity contribution in [3.63, 3.8) is 0 Å². The Morgan fingerprint density at radius 2 is 1.91 bits per heavy atom. The van der Waals surface area contributed by atoms with Crippen molar-refractivity contribution >= 4 is 11.6 Å². The van der Waals surface area contributed by atoms with Crippen LogP contribution in [0.25, 0.3) is 11.3 Å². The number of amides is 1. The van der Waals surface area contributed by atoms with Crippen molar-refractivity contribution in [3.8, 4) is 22.8 Å². The van der Waals surface area contributed by atoms with E-state index < -0.39 is 4.92 Å². The summed E-state index contributed by atoms with van der Waals surface area (Å²) in [5.74, 6) is 1.44. The highest BCUT2D eigenvalue weighted by molar-refractivity contribution is 5.79. The smallest absolute Gasteiger partial charge is 0.269 e. The number of non-ortho nitro benzene ring substituents is 1. The number of aromatic nitrogens is 1. The lowest BCUT2D eigenvalue weighted by atomic mass is 10.0. The zero-order valence-electron chi connectivity index (χ0n) is 19.5. The van der Waals surface area contributed by atoms with Crippen LogP contribution in [-0.2, 0) is 11.2 Å². The number of ether oxygens (including phenoxy) is 1. The van der Waals surface area contributed by atoms with E-state index in [2.05, 4.69) is 22.4 Å². The zero-order valence-corrected chi connectivity index (χ0v) is 19.5. The minimum atomic E-state index is -0.453. The maximum absolute atomic E-state index is 12.5. The summed E-state index contributed by atoms with van der Waals surface area (Å²) in [6.07, 6.45) is 2.02. The molecule has 0 bridgehead atoms. The van der Waals surface area contributed by atoms with E-state index in [1.807, 2.05) is 26.0 Å². The standard InChI is InChI=1S/C25H28N4O5/c1-16-12-17(2)25(22(13-16)33-21-6-4-20(5-7-21)29(31)32)23-14-19(27-34-23)15-24(30)26-18-8-10-28(3)11-9-18/h4-7,12-14,18H,8-11,15H2,1-3H3,(H,26,30). The van der Waals surface area contributed by atoms with Crippen LogP contribution >= 0.6 is 0 Å². The van der Waals surface area contributed by atoms with E-state index in [1.54, 1.807) is 18.2 Å². The first-order chi connectivity index (χ1) is 16.3. The summed E-state index contributed by atoms with van der Waals surface area (Å²) in [5.41, 5.74) is 3.18. The van der Waals surface area contributed by atoms with Crippen LogP contribution in [0.2, 0.25) is 0 Å². The molecule has 0 aliphatic carbocycles. The summed E-state index contributed by atoms with van der Waals surface area (Å²) in [6, 6.07) is 11.7. The summed E-state index contributed by atoms with van der Waals surface area (Å²) in [4.78, 5) is 25.2. The molecule has 0 atom stereocenters. The molecule has 4 rings (SSSR count). The molecule has 3 aromatic rings. The van der Waals surface area contributed by atoms with E-state index in [9.17, 15) is 14.9 Å². The number of nitro groups is 1. The number of likely N-dealkylation sites (tertiary alicyclic amines) is 1. The molecule has 1 saturated heterocycles. The molecule has 178 valence electrons. The number of nitrogens with zero attached hydrogens (tertiary/aromatic N) is 3. The van der Waals surface area contributed by atoms with Gasteiger partial charge < -0.3 is 19.5 Å². The van der Waals surface area contributed by atoms with Crippen molar-refractivity contribution < 1.29 is 19.0 Å². The minimum absolute atomic E-state index is 0.00797. The van der Waals surface area contributed by atoms with Gasteiger partial charge in [-0.3, -0.25) is 14.9 Å². The van der Waals surface area contributed by atoms with Crippen LogP contribution in [-0.4, -0.2) is 47.1 Å². The van der Waals surface area contributed by atoms with Crippen molar-refractivity contribution in [2.45, 2.75) is 39.2 Å². The van der Waals surface area contributed by atoms with Crippen LogP contribution in [0.3, 0.4) is 0 Å². The minimum Gasteiger partial charge on any atom is -0.457 e. The van der Waals surface area contributed by atoms with Gasteiger partial charge in [0, 0.05) is 24.2 Å². The topological polar surface area (TPSA) is 111 Å². The second kappa shape index (κ2) is 10.0. The maximum Gasteiger partial charge on any atom is 0.269 e. The van der Waals surface area contributed by atoms with Gasteiger partial charge in [0.05, 0.1) is 22.6 Å². The monoisotopic (exact) mass is 464 g/mol. The van der Waals surface area contributed by atoms with Crippen molar-refractivity contribution in [2.24, 2.45) is 0 Å². The van der Waals surface area contributed by atoms with Gasteiger partial charge in [-0.15, -0.1) is 0 Å². The third-order valence-electron chi connectivity index (χ3n) is 5.95. The van der Waals surface area contributed by atoms with Gasteiger partial charge in [0.2, 0.25) is 5.91 Å². The van der Waals surface area contributed by atoms with Gasteiger partial charge in [-0.05, 0) is 76.2 Å². The number of hydrogen-bond donors (Lipinski definition) is 1. The van der Waals surface area contributed by atoms with Gasteiger partial charge in [-0.2, -0.15) is 0 Å². The molecule has 1 aromatic heterocycles. The molecule has 2 heterocycles. The predicted molar refractivity (Wildman–Crippen MR) is 127 cm³/mol. The van der Waals surface area contributed by atoms with E-state index in [-0.39, 0.29) is 24.1 Å². The maximum atomic E-state index is 12.5. The van der Waals surface area contributed by atoms with Gasteiger partial charge in [-0.25, -0.2) is 0 Å². The highest BCUT2D eigenvalue weighted by Gasteiger charge is 2.21. The first-order valence-electron chi connectivity index (χ1n) is 11.3. The number of piperidine rings is 1. The van der Waals surface area contributed by atoms with Crippen LogP contribution < -0.4 is 10.1 Å². The summed E-state index contributed by atoms with van der Waals surface area (Å²) >= 11 is 0. The first-order valence-corrected chi connectivity index (χ1v) is 11.3. The summed E-state index contributed by atoms with van der Waals surface area (Å²) < 4.78 is 11.7. The summed E-state index contributed by atoms with van der Waals surface area (Å²) in [6.45, 7) is 5.85. The van der Waals surface area contributed by atoms with E-state index in [0.717, 1.165) is 42.6 Å². The molecule has 0 unspecified atom stereocenters. The number of hydrogen-bond acceptors (Lipinski definition) is 7. The van der Waals surface area contributed by atoms with Crippen LogP contribution in [0, 0.1) is 24.0 Å². The lowest BCUT2D eigenvalue weighted by molar-refractivity contribution is -0.384. The molecule has 0 spiro atoms. The van der Waals surface area contributed by atoms with Gasteiger partial charge in [0.25, 0.3) is 5.69 Å². The molecule has 9 heteroatoms. The highest BCUT2D eigenvalue weighted by Crippen LogP contribution is 2.38. The normalized spacial score (nSPS) is 14.7. The Morgan fingerprint density at radius 3 is 2.59 bits per heavy atom. The Kier molecular flexibility index (Phi) is 6.93. The zero-order chi connectivity index (χ0) is 24.2. The molecule has 0 saturated carbocycles. The Hall–Kier alpha value is -3.72. The van der Waals surface area contributed by atoms with Crippen molar-refractivity contribution in [2.75, 3.05) is 20.1 Å². The number of aryl methyl sites for hydroxylation is 2. The van der Waals surface area contributed by atoms with Crippen LogP contribution in [0.1, 0.15) is 29.7 Å². The molecule has 1 N–H and O–H groups in total. The molecular formula is C25H28N4O5. The SMILES string of the molecule is Cc1cc(C)c(-c2cc(CC(=O)NC3CCN(C)CC3)no2)c(Oc2ccc([N+](=O)[O-])cc2)c1. The lowest BCUT2D eigenvalue weighted by Gasteiger charge is -2.29. The van der Waals surface area contributed by atoms with E-state index in [1.165, 1.54) is 12.1 Å². The van der Waals surface area contributed by atoms with Crippen LogP contribution in [0.4, 0.5) is 5.69 Å². The Bertz CT molecular complexity index is 1180. The van der Waals surface area contributed by atoms with Gasteiger partial charge >= 0.3 is 0 Å². The average molecular weight is 465 g/mol. The second-order valence-electron chi connectivity index (χ2n) is 8.81. The Balaban J connectivity index is 1.50. The van der Waals surface area contributed by atoms with Gasteiger partial charge in [-0.1, -0.05) is 11.2 Å². The molecule has 1 aliphatic rings. The number of nitro benzene ring substituents is 1. The van der Waals surface area contributed by atoms with Crippen LogP contribution in [0.15, 0.2) is 47.0 Å². The molecule has 9 nitrogen and oxygen atoms in total. The van der Waals surface area contributed by atoms with E-state index in [0.29, 0.717) is 23.0 Å². The van der Waals surface area contributed by atoms with Crippen molar-refractivity contribution in [1.29, 1.82) is 0 Å². The largest absolute Gasteiger partial charge is 0.457 e. The molecule has 0 radical (unpaired) electrons. The highest BCUT2D eigenvalue weighted by atomic mass is 16.6. The Labute approximate surface area is 197 Å². The fourth-order valence-electron chi connectivity index (χ4n) is 4.20. The fraction of sp³-hybridized carbons (Fsp3) is 0.360. The fourth-order valence-corrected chi connectivity index (χ4v) is 4.20. The molecule has 1 fully saturated rings. The average Bonchev–Trinajstić information content (AvgIpc) is 3.23. The number of benzene rings is 2. The van der Waals surface area contributed by atoms with E-state index in [4.69, 9.17) is 9.26 Å². The van der Waals surface area contributed by atoms with Gasteiger partial charge in [0.15, 0.2) is 5.76 Å². The van der Waals surface area contributed by atoms with Crippen molar-refractivity contribution in [3.05, 3.63) is 69.4 Å². The third-order valence-corrected chi connectivity index (χ3v) is 5.95. The summed E-state index contributed by atoms with van der Waals surface area (Å²) in [7, 11) is 2.08. The third kappa shape index (κ3) is 5.60. The van der Waals surface area contributed by atoms with Crippen molar-refractivity contribution in [1.82, 2.24) is 15.4 Å². The first kappa shape index (κ1) is 23.4. The number of carbonyl (C=O) groups is 1. The molecule has 1 amide bonds. The van der Waals surface area contributed by atoms with Gasteiger partial charge in [0.1, 0.15) is 11.5 Å². The quantitative estimate of drug-likeness (QED) is 0.407. The molecule has 2 aromatic carbocycles. The molecule has 34 heavy (non-hydrogen) atoms. The molecular weight excluding hydrogens is 436 g/mol. The van der Waals surface area contributed by atoms with E-state index >= 15 is 0 Å². The van der Waals surface area contributed by atoms with Crippen LogP contribution in [0.5, 0.6) is 11.5 Å².